The van der Waals surface area contributed by atoms with E-state index < -0.39 is 0 Å². The maximum absolute atomic E-state index is 3.57. The zero-order chi connectivity index (χ0) is 11.0. The average Bonchev–Trinajstić information content (AvgIpc) is 2.95. The summed E-state index contributed by atoms with van der Waals surface area (Å²) < 4.78 is 1.25. The second kappa shape index (κ2) is 4.56. The molecule has 2 atom stereocenters. The number of hydrogen-bond donors (Lipinski definition) is 1. The predicted octanol–water partition coefficient (Wildman–Crippen LogP) is 4.13. The molecule has 1 nitrogen and oxygen atoms in total. The van der Waals surface area contributed by atoms with Crippen molar-refractivity contribution < 1.29 is 0 Å². The normalized spacial score (nSPS) is 20.3. The van der Waals surface area contributed by atoms with E-state index in [-0.39, 0.29) is 0 Å². The van der Waals surface area contributed by atoms with Crippen molar-refractivity contribution in [1.82, 2.24) is 5.32 Å². The Morgan fingerprint density at radius 1 is 1.53 bits per heavy atom. The fourth-order valence-electron chi connectivity index (χ4n) is 2.36. The standard InChI is InChI=1S/C12H18BrNS/c1-7(9-4-5-9)12(14-3)10-6-11(13)15-8(10)2/h6-7,9,12,14H,4-5H2,1-3H3. The Hall–Kier alpha value is 0.140. The number of thiophene rings is 1. The molecule has 0 aliphatic heterocycles. The van der Waals surface area contributed by atoms with Gasteiger partial charge in [0.05, 0.1) is 3.79 Å². The van der Waals surface area contributed by atoms with Gasteiger partial charge in [0.2, 0.25) is 0 Å². The molecule has 1 heterocycles. The van der Waals surface area contributed by atoms with Crippen LogP contribution in [0.5, 0.6) is 0 Å². The molecular weight excluding hydrogens is 270 g/mol. The zero-order valence-electron chi connectivity index (χ0n) is 9.51. The second-order valence-corrected chi connectivity index (χ2v) is 7.16. The summed E-state index contributed by atoms with van der Waals surface area (Å²) in [6.45, 7) is 4.60. The SMILES string of the molecule is CNC(c1cc(Br)sc1C)C(C)C1CC1. The van der Waals surface area contributed by atoms with E-state index in [1.807, 2.05) is 11.3 Å². The molecule has 0 amide bonds. The molecule has 0 spiro atoms. The van der Waals surface area contributed by atoms with Gasteiger partial charge in [0.1, 0.15) is 0 Å². The van der Waals surface area contributed by atoms with Crippen LogP contribution < -0.4 is 5.32 Å². The molecule has 1 aliphatic carbocycles. The zero-order valence-corrected chi connectivity index (χ0v) is 11.9. The highest BCUT2D eigenvalue weighted by atomic mass is 79.9. The monoisotopic (exact) mass is 287 g/mol. The van der Waals surface area contributed by atoms with Gasteiger partial charge in [-0.1, -0.05) is 6.92 Å². The van der Waals surface area contributed by atoms with E-state index in [9.17, 15) is 0 Å². The number of nitrogens with one attached hydrogen (secondary N) is 1. The third kappa shape index (κ3) is 2.45. The van der Waals surface area contributed by atoms with Crippen molar-refractivity contribution in [2.45, 2.75) is 32.7 Å². The van der Waals surface area contributed by atoms with Gasteiger partial charge in [-0.3, -0.25) is 0 Å². The van der Waals surface area contributed by atoms with E-state index in [4.69, 9.17) is 0 Å². The van der Waals surface area contributed by atoms with Crippen LogP contribution in [-0.2, 0) is 0 Å². The lowest BCUT2D eigenvalue weighted by atomic mass is 9.91. The fourth-order valence-corrected chi connectivity index (χ4v) is 4.12. The van der Waals surface area contributed by atoms with Crippen LogP contribution >= 0.6 is 27.3 Å². The molecule has 2 unspecified atom stereocenters. The molecule has 1 saturated carbocycles. The van der Waals surface area contributed by atoms with Gasteiger partial charge in [-0.25, -0.2) is 0 Å². The molecule has 0 radical (unpaired) electrons. The number of halogens is 1. The quantitative estimate of drug-likeness (QED) is 0.878. The number of hydrogen-bond acceptors (Lipinski definition) is 2. The molecule has 1 aromatic rings. The summed E-state index contributed by atoms with van der Waals surface area (Å²) in [4.78, 5) is 1.44. The highest BCUT2D eigenvalue weighted by molar-refractivity contribution is 9.11. The van der Waals surface area contributed by atoms with Gasteiger partial charge in [-0.15, -0.1) is 11.3 Å². The van der Waals surface area contributed by atoms with Gasteiger partial charge in [0, 0.05) is 10.9 Å². The Morgan fingerprint density at radius 3 is 2.60 bits per heavy atom. The van der Waals surface area contributed by atoms with Crippen molar-refractivity contribution >= 4 is 27.3 Å². The first-order valence-corrected chi connectivity index (χ1v) is 7.17. The maximum atomic E-state index is 3.57. The van der Waals surface area contributed by atoms with Crippen molar-refractivity contribution in [3.63, 3.8) is 0 Å². The van der Waals surface area contributed by atoms with Gasteiger partial charge in [-0.05, 0) is 66.2 Å². The Bertz CT molecular complexity index is 343. The Morgan fingerprint density at radius 2 is 2.20 bits per heavy atom. The highest BCUT2D eigenvalue weighted by Crippen LogP contribution is 2.44. The van der Waals surface area contributed by atoms with Gasteiger partial charge < -0.3 is 5.32 Å². The summed E-state index contributed by atoms with van der Waals surface area (Å²) in [5, 5.41) is 3.48. The molecule has 0 bridgehead atoms. The number of rotatable bonds is 4. The van der Waals surface area contributed by atoms with Gasteiger partial charge >= 0.3 is 0 Å². The average molecular weight is 288 g/mol. The molecular formula is C12H18BrNS. The van der Waals surface area contributed by atoms with Crippen LogP contribution in [0.25, 0.3) is 0 Å². The van der Waals surface area contributed by atoms with Crippen LogP contribution in [0.15, 0.2) is 9.85 Å². The highest BCUT2D eigenvalue weighted by Gasteiger charge is 2.34. The van der Waals surface area contributed by atoms with Crippen LogP contribution in [0.4, 0.5) is 0 Å². The summed E-state index contributed by atoms with van der Waals surface area (Å²) in [6.07, 6.45) is 2.84. The second-order valence-electron chi connectivity index (χ2n) is 4.52. The molecule has 3 heteroatoms. The van der Waals surface area contributed by atoms with Crippen LogP contribution in [0.3, 0.4) is 0 Å². The third-order valence-corrected chi connectivity index (χ3v) is 5.03. The van der Waals surface area contributed by atoms with Crippen molar-refractivity contribution in [1.29, 1.82) is 0 Å². The van der Waals surface area contributed by atoms with Gasteiger partial charge in [0.25, 0.3) is 0 Å². The molecule has 1 N–H and O–H groups in total. The summed E-state index contributed by atoms with van der Waals surface area (Å²) >= 11 is 5.41. The van der Waals surface area contributed by atoms with E-state index in [2.05, 4.69) is 48.2 Å². The molecule has 84 valence electrons. The Balaban J connectivity index is 2.21. The van der Waals surface area contributed by atoms with Gasteiger partial charge in [0.15, 0.2) is 0 Å². The van der Waals surface area contributed by atoms with Crippen molar-refractivity contribution in [2.75, 3.05) is 7.05 Å². The lowest BCUT2D eigenvalue weighted by molar-refractivity contribution is 0.369. The first-order valence-electron chi connectivity index (χ1n) is 5.56. The van der Waals surface area contributed by atoms with Crippen LogP contribution in [0.2, 0.25) is 0 Å². The minimum atomic E-state index is 0.528. The molecule has 1 aromatic heterocycles. The molecule has 1 fully saturated rings. The molecule has 15 heavy (non-hydrogen) atoms. The molecule has 0 aromatic carbocycles. The largest absolute Gasteiger partial charge is 0.313 e. The molecule has 1 aliphatic rings. The first-order chi connectivity index (χ1) is 7.13. The van der Waals surface area contributed by atoms with E-state index in [0.717, 1.165) is 11.8 Å². The van der Waals surface area contributed by atoms with E-state index in [0.29, 0.717) is 6.04 Å². The summed E-state index contributed by atoms with van der Waals surface area (Å²) in [7, 11) is 2.08. The predicted molar refractivity (Wildman–Crippen MR) is 70.4 cm³/mol. The lowest BCUT2D eigenvalue weighted by Gasteiger charge is -2.23. The molecule has 0 saturated heterocycles. The van der Waals surface area contributed by atoms with Crippen LogP contribution in [0, 0.1) is 18.8 Å². The minimum Gasteiger partial charge on any atom is -0.313 e. The van der Waals surface area contributed by atoms with Crippen LogP contribution in [0.1, 0.15) is 36.2 Å². The maximum Gasteiger partial charge on any atom is 0.0704 e. The third-order valence-electron chi connectivity index (χ3n) is 3.46. The lowest BCUT2D eigenvalue weighted by Crippen LogP contribution is -2.24. The van der Waals surface area contributed by atoms with Crippen molar-refractivity contribution in [3.8, 4) is 0 Å². The Labute approximate surface area is 104 Å². The first kappa shape index (κ1) is 11.6. The number of aryl methyl sites for hydroxylation is 1. The summed E-state index contributed by atoms with van der Waals surface area (Å²) in [6, 6.07) is 2.81. The van der Waals surface area contributed by atoms with Crippen molar-refractivity contribution in [3.05, 3.63) is 20.3 Å². The summed E-state index contributed by atoms with van der Waals surface area (Å²) in [5.74, 6) is 1.70. The van der Waals surface area contributed by atoms with Gasteiger partial charge in [-0.2, -0.15) is 0 Å². The van der Waals surface area contributed by atoms with E-state index in [1.165, 1.54) is 27.1 Å². The minimum absolute atomic E-state index is 0.528. The van der Waals surface area contributed by atoms with Crippen LogP contribution in [-0.4, -0.2) is 7.05 Å². The smallest absolute Gasteiger partial charge is 0.0704 e. The van der Waals surface area contributed by atoms with E-state index >= 15 is 0 Å². The molecule has 2 rings (SSSR count). The topological polar surface area (TPSA) is 12.0 Å². The Kier molecular flexibility index (Phi) is 3.53. The fraction of sp³-hybridized carbons (Fsp3) is 0.667. The van der Waals surface area contributed by atoms with E-state index in [1.54, 1.807) is 0 Å². The summed E-state index contributed by atoms with van der Waals surface area (Å²) in [5.41, 5.74) is 1.48. The van der Waals surface area contributed by atoms with Crippen molar-refractivity contribution in [2.24, 2.45) is 11.8 Å².